The van der Waals surface area contributed by atoms with Crippen LogP contribution in [-0.4, -0.2) is 34.4 Å². The van der Waals surface area contributed by atoms with Crippen LogP contribution in [0.2, 0.25) is 0 Å². The van der Waals surface area contributed by atoms with Crippen molar-refractivity contribution in [3.8, 4) is 0 Å². The van der Waals surface area contributed by atoms with Gasteiger partial charge in [-0.05, 0) is 24.9 Å². The van der Waals surface area contributed by atoms with E-state index in [9.17, 15) is 9.59 Å². The highest BCUT2D eigenvalue weighted by Gasteiger charge is 2.26. The Morgan fingerprint density at radius 2 is 2.16 bits per heavy atom. The lowest BCUT2D eigenvalue weighted by molar-refractivity contribution is -0.119. The number of amides is 1. The highest BCUT2D eigenvalue weighted by molar-refractivity contribution is 7.11. The van der Waals surface area contributed by atoms with E-state index >= 15 is 0 Å². The number of anilines is 1. The number of aromatic carboxylic acids is 1. The number of aromatic nitrogens is 1. The molecule has 1 rings (SSSR count). The normalized spacial score (nSPS) is 12.2. The lowest BCUT2D eigenvalue weighted by atomic mass is 10.1. The minimum Gasteiger partial charge on any atom is -0.478 e. The molecule has 6 nitrogen and oxygen atoms in total. The van der Waals surface area contributed by atoms with Gasteiger partial charge in [0.2, 0.25) is 5.91 Å². The molecule has 0 saturated heterocycles. The Kier molecular flexibility index (Phi) is 5.44. The number of carbonyl (C=O) groups is 2. The summed E-state index contributed by atoms with van der Waals surface area (Å²) >= 11 is 1.00. The molecule has 0 bridgehead atoms. The van der Waals surface area contributed by atoms with Gasteiger partial charge in [0.25, 0.3) is 0 Å². The molecule has 19 heavy (non-hydrogen) atoms. The van der Waals surface area contributed by atoms with Gasteiger partial charge in [0.15, 0.2) is 0 Å². The van der Waals surface area contributed by atoms with Crippen LogP contribution in [0.15, 0.2) is 0 Å². The molecule has 0 radical (unpaired) electrons. The summed E-state index contributed by atoms with van der Waals surface area (Å²) in [6.45, 7) is 3.63. The van der Waals surface area contributed by atoms with E-state index in [1.54, 1.807) is 6.92 Å². The number of nitrogens with two attached hydrogens (primary N) is 1. The van der Waals surface area contributed by atoms with Gasteiger partial charge in [0.1, 0.15) is 10.6 Å². The van der Waals surface area contributed by atoms with Gasteiger partial charge < -0.3 is 15.7 Å². The first-order valence-corrected chi connectivity index (χ1v) is 6.90. The summed E-state index contributed by atoms with van der Waals surface area (Å²) in [5, 5.41) is 9.48. The Bertz CT molecular complexity index is 473. The predicted molar refractivity (Wildman–Crippen MR) is 74.7 cm³/mol. The van der Waals surface area contributed by atoms with Crippen LogP contribution in [-0.2, 0) is 4.79 Å². The quantitative estimate of drug-likeness (QED) is 0.828. The Balaban J connectivity index is 2.91. The van der Waals surface area contributed by atoms with Crippen LogP contribution in [0.3, 0.4) is 0 Å². The number of hydrogen-bond donors (Lipinski definition) is 2. The van der Waals surface area contributed by atoms with Crippen molar-refractivity contribution in [1.29, 1.82) is 0 Å². The molecule has 0 aliphatic heterocycles. The summed E-state index contributed by atoms with van der Waals surface area (Å²) in [5.74, 6) is -1.36. The fourth-order valence-electron chi connectivity index (χ4n) is 1.73. The molecule has 7 heteroatoms. The van der Waals surface area contributed by atoms with E-state index in [1.165, 1.54) is 11.9 Å². The van der Waals surface area contributed by atoms with Crippen LogP contribution in [0, 0.1) is 6.92 Å². The molecule has 1 atom stereocenters. The highest BCUT2D eigenvalue weighted by Crippen LogP contribution is 2.28. The van der Waals surface area contributed by atoms with Gasteiger partial charge in [-0.3, -0.25) is 4.79 Å². The van der Waals surface area contributed by atoms with Gasteiger partial charge in [-0.1, -0.05) is 19.8 Å². The third kappa shape index (κ3) is 3.51. The Hall–Kier alpha value is -1.47. The van der Waals surface area contributed by atoms with Gasteiger partial charge in [0, 0.05) is 7.05 Å². The van der Waals surface area contributed by atoms with Gasteiger partial charge in [-0.15, -0.1) is 0 Å². The van der Waals surface area contributed by atoms with Crippen LogP contribution in [0.4, 0.5) is 5.00 Å². The molecular weight excluding hydrogens is 266 g/mol. The number of hydrogen-bond acceptors (Lipinski definition) is 5. The second-order valence-corrected chi connectivity index (χ2v) is 5.15. The van der Waals surface area contributed by atoms with Crippen molar-refractivity contribution in [2.45, 2.75) is 39.2 Å². The SMILES string of the molecule is CCCC[C@H](N)C(=O)N(C)c1snc(C)c1C(=O)O. The van der Waals surface area contributed by atoms with Crippen LogP contribution in [0.1, 0.15) is 42.2 Å². The van der Waals surface area contributed by atoms with Crippen molar-refractivity contribution >= 4 is 28.4 Å². The molecule has 1 aromatic rings. The first kappa shape index (κ1) is 15.6. The minimum atomic E-state index is -1.08. The first-order chi connectivity index (χ1) is 8.90. The maximum atomic E-state index is 12.1. The van der Waals surface area contributed by atoms with Crippen molar-refractivity contribution in [1.82, 2.24) is 4.37 Å². The lowest BCUT2D eigenvalue weighted by Gasteiger charge is -2.20. The number of aryl methyl sites for hydroxylation is 1. The summed E-state index contributed by atoms with van der Waals surface area (Å²) < 4.78 is 3.99. The zero-order valence-electron chi connectivity index (χ0n) is 11.3. The third-order valence-corrected chi connectivity index (χ3v) is 3.90. The third-order valence-electron chi connectivity index (χ3n) is 2.88. The van der Waals surface area contributed by atoms with E-state index in [4.69, 9.17) is 10.8 Å². The number of nitrogens with zero attached hydrogens (tertiary/aromatic N) is 2. The number of carboxylic acids is 1. The second-order valence-electron chi connectivity index (χ2n) is 4.40. The minimum absolute atomic E-state index is 0.0727. The average molecular weight is 285 g/mol. The molecule has 0 fully saturated rings. The maximum absolute atomic E-state index is 12.1. The van der Waals surface area contributed by atoms with Crippen molar-refractivity contribution in [3.05, 3.63) is 11.3 Å². The number of rotatable bonds is 6. The van der Waals surface area contributed by atoms with Crippen LogP contribution in [0.5, 0.6) is 0 Å². The van der Waals surface area contributed by atoms with E-state index in [2.05, 4.69) is 4.37 Å². The van der Waals surface area contributed by atoms with Gasteiger partial charge in [-0.2, -0.15) is 4.37 Å². The number of carbonyl (C=O) groups excluding carboxylic acids is 1. The molecule has 1 aromatic heterocycles. The lowest BCUT2D eigenvalue weighted by Crippen LogP contribution is -2.42. The summed E-state index contributed by atoms with van der Waals surface area (Å²) in [4.78, 5) is 24.6. The number of carboxylic acid groups (broad SMARTS) is 1. The fraction of sp³-hybridized carbons (Fsp3) is 0.583. The number of unbranched alkanes of at least 4 members (excludes halogenated alkanes) is 1. The maximum Gasteiger partial charge on any atom is 0.340 e. The first-order valence-electron chi connectivity index (χ1n) is 6.12. The predicted octanol–water partition coefficient (Wildman–Crippen LogP) is 1.63. The van der Waals surface area contributed by atoms with E-state index in [-0.39, 0.29) is 11.5 Å². The van der Waals surface area contributed by atoms with Gasteiger partial charge in [-0.25, -0.2) is 4.79 Å². The summed E-state index contributed by atoms with van der Waals surface area (Å²) in [6.07, 6.45) is 2.43. The van der Waals surface area contributed by atoms with Crippen molar-refractivity contribution in [2.24, 2.45) is 5.73 Å². The molecule has 106 valence electrons. The van der Waals surface area contributed by atoms with Gasteiger partial charge >= 0.3 is 5.97 Å². The summed E-state index contributed by atoms with van der Waals surface area (Å²) in [7, 11) is 1.54. The topological polar surface area (TPSA) is 96.5 Å². The van der Waals surface area contributed by atoms with E-state index in [0.717, 1.165) is 24.4 Å². The molecule has 0 aromatic carbocycles. The Labute approximate surface area is 116 Å². The average Bonchev–Trinajstić information content (AvgIpc) is 2.76. The van der Waals surface area contributed by atoms with Crippen LogP contribution in [0.25, 0.3) is 0 Å². The standard InChI is InChI=1S/C12H19N3O3S/c1-4-5-6-8(13)10(16)15(3)11-9(12(17)18)7(2)14-19-11/h8H,4-6,13H2,1-3H3,(H,17,18)/t8-/m0/s1. The van der Waals surface area contributed by atoms with Gasteiger partial charge in [0.05, 0.1) is 11.7 Å². The zero-order valence-corrected chi connectivity index (χ0v) is 12.2. The molecule has 0 saturated carbocycles. The van der Waals surface area contributed by atoms with E-state index in [1.807, 2.05) is 6.92 Å². The van der Waals surface area contributed by atoms with Crippen molar-refractivity contribution in [2.75, 3.05) is 11.9 Å². The fourth-order valence-corrected chi connectivity index (χ4v) is 2.58. The second kappa shape index (κ2) is 6.63. The monoisotopic (exact) mass is 285 g/mol. The number of likely N-dealkylation sites (N-methyl/N-ethyl adjacent to an activating group) is 1. The van der Waals surface area contributed by atoms with E-state index < -0.39 is 12.0 Å². The molecular formula is C12H19N3O3S. The van der Waals surface area contributed by atoms with Crippen LogP contribution >= 0.6 is 11.5 Å². The molecule has 1 amide bonds. The molecule has 1 heterocycles. The Morgan fingerprint density at radius 1 is 1.53 bits per heavy atom. The Morgan fingerprint density at radius 3 is 2.68 bits per heavy atom. The smallest absolute Gasteiger partial charge is 0.340 e. The summed E-state index contributed by atoms with van der Waals surface area (Å²) in [5.41, 5.74) is 6.30. The molecule has 0 spiro atoms. The molecule has 0 aliphatic rings. The summed E-state index contributed by atoms with van der Waals surface area (Å²) in [6, 6.07) is -0.603. The zero-order chi connectivity index (χ0) is 14.6. The van der Waals surface area contributed by atoms with Crippen molar-refractivity contribution < 1.29 is 14.7 Å². The van der Waals surface area contributed by atoms with Crippen molar-refractivity contribution in [3.63, 3.8) is 0 Å². The highest BCUT2D eigenvalue weighted by atomic mass is 32.1. The largest absolute Gasteiger partial charge is 0.478 e. The molecule has 0 unspecified atom stereocenters. The van der Waals surface area contributed by atoms with E-state index in [0.29, 0.717) is 17.1 Å². The molecule has 0 aliphatic carbocycles. The molecule has 3 N–H and O–H groups in total. The van der Waals surface area contributed by atoms with Crippen LogP contribution < -0.4 is 10.6 Å².